The quantitative estimate of drug-likeness (QED) is 0.800. The molecule has 0 saturated carbocycles. The zero-order valence-corrected chi connectivity index (χ0v) is 16.5. The summed E-state index contributed by atoms with van der Waals surface area (Å²) in [6.07, 6.45) is 0. The van der Waals surface area contributed by atoms with E-state index in [0.717, 1.165) is 16.9 Å². The Balaban J connectivity index is 1.97. The van der Waals surface area contributed by atoms with E-state index in [1.54, 1.807) is 19.1 Å². The fraction of sp³-hybridized carbons (Fsp3) is 0.350. The van der Waals surface area contributed by atoms with E-state index in [1.807, 2.05) is 62.6 Å². The van der Waals surface area contributed by atoms with Crippen LogP contribution >= 0.6 is 11.6 Å². The molecule has 1 N–H and O–H groups in total. The van der Waals surface area contributed by atoms with Gasteiger partial charge in [-0.25, -0.2) is 4.79 Å². The van der Waals surface area contributed by atoms with Gasteiger partial charge in [-0.15, -0.1) is 0 Å². The van der Waals surface area contributed by atoms with Gasteiger partial charge in [0.15, 0.2) is 0 Å². The Morgan fingerprint density at radius 1 is 1.12 bits per heavy atom. The number of hydrogen-bond acceptors (Lipinski definition) is 3. The molecule has 2 aromatic rings. The number of carbonyl (C=O) groups excluding carboxylic acids is 1. The van der Waals surface area contributed by atoms with Crippen molar-refractivity contribution in [2.75, 3.05) is 34.8 Å². The normalized spacial score (nSPS) is 11.9. The number of nitrogens with zero attached hydrogens (tertiary/aromatic N) is 2. The number of halogens is 1. The summed E-state index contributed by atoms with van der Waals surface area (Å²) in [6.45, 7) is 0.964. The summed E-state index contributed by atoms with van der Waals surface area (Å²) in [5.74, 6) is 0.815. The summed E-state index contributed by atoms with van der Waals surface area (Å²) < 4.78 is 5.20. The number of ether oxygens (including phenoxy) is 1. The van der Waals surface area contributed by atoms with Crippen molar-refractivity contribution >= 4 is 17.6 Å². The highest BCUT2D eigenvalue weighted by Gasteiger charge is 2.17. The molecule has 6 heteroatoms. The molecule has 0 saturated heterocycles. The first kappa shape index (κ1) is 20.1. The number of amides is 2. The van der Waals surface area contributed by atoms with Crippen molar-refractivity contribution in [3.05, 3.63) is 64.7 Å². The van der Waals surface area contributed by atoms with Gasteiger partial charge in [-0.2, -0.15) is 0 Å². The van der Waals surface area contributed by atoms with Gasteiger partial charge in [0.2, 0.25) is 0 Å². The molecule has 2 rings (SSSR count). The van der Waals surface area contributed by atoms with Crippen LogP contribution in [0.25, 0.3) is 0 Å². The summed E-state index contributed by atoms with van der Waals surface area (Å²) in [7, 11) is 7.40. The van der Waals surface area contributed by atoms with Gasteiger partial charge in [-0.05, 0) is 43.4 Å². The van der Waals surface area contributed by atoms with Crippen LogP contribution in [-0.4, -0.2) is 50.6 Å². The minimum Gasteiger partial charge on any atom is -0.497 e. The number of nitrogens with one attached hydrogen (secondary N) is 1. The van der Waals surface area contributed by atoms with Crippen molar-refractivity contribution in [3.8, 4) is 5.75 Å². The Morgan fingerprint density at radius 2 is 1.77 bits per heavy atom. The standard InChI is InChI=1S/C20H26ClN3O2/c1-23(2)19(15-9-11-17(26-4)12-10-15)13-22-20(25)24(3)14-16-7-5-6-8-18(16)21/h5-12,19H,13-14H2,1-4H3,(H,22,25). The molecule has 140 valence electrons. The van der Waals surface area contributed by atoms with E-state index in [9.17, 15) is 4.79 Å². The largest absolute Gasteiger partial charge is 0.497 e. The van der Waals surface area contributed by atoms with Crippen LogP contribution in [0.15, 0.2) is 48.5 Å². The van der Waals surface area contributed by atoms with Crippen molar-refractivity contribution in [2.24, 2.45) is 0 Å². The van der Waals surface area contributed by atoms with Crippen molar-refractivity contribution in [3.63, 3.8) is 0 Å². The smallest absolute Gasteiger partial charge is 0.317 e. The van der Waals surface area contributed by atoms with Crippen molar-refractivity contribution in [2.45, 2.75) is 12.6 Å². The molecule has 2 aromatic carbocycles. The number of urea groups is 1. The van der Waals surface area contributed by atoms with Crippen LogP contribution < -0.4 is 10.1 Å². The third-order valence-electron chi connectivity index (χ3n) is 4.28. The molecule has 0 heterocycles. The zero-order chi connectivity index (χ0) is 19.1. The van der Waals surface area contributed by atoms with E-state index in [-0.39, 0.29) is 12.1 Å². The summed E-state index contributed by atoms with van der Waals surface area (Å²) in [6, 6.07) is 15.4. The molecule has 0 aliphatic rings. The van der Waals surface area contributed by atoms with Crippen LogP contribution in [0.4, 0.5) is 4.79 Å². The van der Waals surface area contributed by atoms with Crippen molar-refractivity contribution < 1.29 is 9.53 Å². The van der Waals surface area contributed by atoms with E-state index in [1.165, 1.54) is 0 Å². The molecule has 0 aliphatic heterocycles. The van der Waals surface area contributed by atoms with Crippen LogP contribution in [0, 0.1) is 0 Å². The minimum atomic E-state index is -0.134. The van der Waals surface area contributed by atoms with E-state index in [2.05, 4.69) is 10.2 Å². The molecular weight excluding hydrogens is 350 g/mol. The number of hydrogen-bond donors (Lipinski definition) is 1. The third-order valence-corrected chi connectivity index (χ3v) is 4.65. The predicted molar refractivity (Wildman–Crippen MR) is 106 cm³/mol. The highest BCUT2D eigenvalue weighted by atomic mass is 35.5. The van der Waals surface area contributed by atoms with E-state index in [4.69, 9.17) is 16.3 Å². The van der Waals surface area contributed by atoms with E-state index >= 15 is 0 Å². The van der Waals surface area contributed by atoms with Gasteiger partial charge in [0, 0.05) is 25.2 Å². The van der Waals surface area contributed by atoms with Gasteiger partial charge in [-0.1, -0.05) is 41.9 Å². The summed E-state index contributed by atoms with van der Waals surface area (Å²) >= 11 is 6.17. The topological polar surface area (TPSA) is 44.8 Å². The molecule has 0 aliphatic carbocycles. The average molecular weight is 376 g/mol. The summed E-state index contributed by atoms with van der Waals surface area (Å²) in [4.78, 5) is 16.2. The van der Waals surface area contributed by atoms with Crippen molar-refractivity contribution in [1.82, 2.24) is 15.1 Å². The summed E-state index contributed by atoms with van der Waals surface area (Å²) in [5.41, 5.74) is 2.04. The van der Waals surface area contributed by atoms with E-state index < -0.39 is 0 Å². The number of methoxy groups -OCH3 is 1. The maximum absolute atomic E-state index is 12.5. The Kier molecular flexibility index (Phi) is 7.30. The second-order valence-electron chi connectivity index (χ2n) is 6.39. The van der Waals surface area contributed by atoms with Crippen LogP contribution in [0.5, 0.6) is 5.75 Å². The SMILES string of the molecule is COc1ccc(C(CNC(=O)N(C)Cc2ccccc2Cl)N(C)C)cc1. The fourth-order valence-electron chi connectivity index (χ4n) is 2.70. The Hall–Kier alpha value is -2.24. The molecule has 0 spiro atoms. The molecule has 0 fully saturated rings. The lowest BCUT2D eigenvalue weighted by atomic mass is 10.1. The van der Waals surface area contributed by atoms with Crippen LogP contribution in [0.1, 0.15) is 17.2 Å². The first-order valence-corrected chi connectivity index (χ1v) is 8.83. The monoisotopic (exact) mass is 375 g/mol. The number of likely N-dealkylation sites (N-methyl/N-ethyl adjacent to an activating group) is 1. The molecule has 0 radical (unpaired) electrons. The lowest BCUT2D eigenvalue weighted by Crippen LogP contribution is -2.41. The van der Waals surface area contributed by atoms with Gasteiger partial charge >= 0.3 is 6.03 Å². The lowest BCUT2D eigenvalue weighted by Gasteiger charge is -2.27. The first-order chi connectivity index (χ1) is 12.4. The number of carbonyl (C=O) groups is 1. The maximum Gasteiger partial charge on any atom is 0.317 e. The maximum atomic E-state index is 12.5. The fourth-order valence-corrected chi connectivity index (χ4v) is 2.89. The molecule has 2 amide bonds. The van der Waals surface area contributed by atoms with Crippen LogP contribution in [0.2, 0.25) is 5.02 Å². The average Bonchev–Trinajstić information content (AvgIpc) is 2.63. The molecule has 26 heavy (non-hydrogen) atoms. The Morgan fingerprint density at radius 3 is 2.35 bits per heavy atom. The zero-order valence-electron chi connectivity index (χ0n) is 15.7. The second-order valence-corrected chi connectivity index (χ2v) is 6.79. The Bertz CT molecular complexity index is 719. The van der Waals surface area contributed by atoms with Gasteiger partial charge in [0.05, 0.1) is 13.2 Å². The predicted octanol–water partition coefficient (Wildman–Crippen LogP) is 3.79. The summed E-state index contributed by atoms with van der Waals surface area (Å²) in [5, 5.41) is 3.67. The Labute approximate surface area is 160 Å². The third kappa shape index (κ3) is 5.38. The van der Waals surface area contributed by atoms with Gasteiger partial charge in [-0.3, -0.25) is 0 Å². The number of benzene rings is 2. The van der Waals surface area contributed by atoms with Gasteiger partial charge in [0.25, 0.3) is 0 Å². The molecule has 5 nitrogen and oxygen atoms in total. The van der Waals surface area contributed by atoms with Crippen molar-refractivity contribution in [1.29, 1.82) is 0 Å². The second kappa shape index (κ2) is 9.46. The molecule has 1 atom stereocenters. The van der Waals surface area contributed by atoms with E-state index in [0.29, 0.717) is 18.1 Å². The van der Waals surface area contributed by atoms with Crippen LogP contribution in [0.3, 0.4) is 0 Å². The molecular formula is C20H26ClN3O2. The molecule has 0 aromatic heterocycles. The first-order valence-electron chi connectivity index (χ1n) is 8.45. The van der Waals surface area contributed by atoms with Gasteiger partial charge < -0.3 is 19.9 Å². The molecule has 1 unspecified atom stereocenters. The highest BCUT2D eigenvalue weighted by molar-refractivity contribution is 6.31. The van der Waals surface area contributed by atoms with Crippen LogP contribution in [-0.2, 0) is 6.54 Å². The molecule has 0 bridgehead atoms. The lowest BCUT2D eigenvalue weighted by molar-refractivity contribution is 0.200. The number of rotatable bonds is 7. The highest BCUT2D eigenvalue weighted by Crippen LogP contribution is 2.21. The van der Waals surface area contributed by atoms with Gasteiger partial charge in [0.1, 0.15) is 5.75 Å². The minimum absolute atomic E-state index is 0.0681.